The maximum Gasteiger partial charge on any atom is 0.271 e. The Morgan fingerprint density at radius 1 is 1.30 bits per heavy atom. The lowest BCUT2D eigenvalue weighted by Crippen LogP contribution is -2.17. The molecule has 120 valence electrons. The topological polar surface area (TPSA) is 80.4 Å². The highest BCUT2D eigenvalue weighted by Gasteiger charge is 2.10. The van der Waals surface area contributed by atoms with Crippen molar-refractivity contribution in [3.05, 3.63) is 57.5 Å². The number of ether oxygens (including phenoxy) is 2. The Hall–Kier alpha value is -2.73. The third-order valence-electron chi connectivity index (χ3n) is 2.96. The first-order valence-electron chi connectivity index (χ1n) is 6.63. The van der Waals surface area contributed by atoms with E-state index in [1.807, 2.05) is 0 Å². The van der Waals surface area contributed by atoms with Gasteiger partial charge in [-0.25, -0.2) is 0 Å². The highest BCUT2D eigenvalue weighted by molar-refractivity contribution is 6.32. The van der Waals surface area contributed by atoms with Crippen molar-refractivity contribution in [3.8, 4) is 11.5 Å². The minimum atomic E-state index is -0.437. The number of amides is 1. The Balaban J connectivity index is 2.17. The smallest absolute Gasteiger partial charge is 0.271 e. The number of rotatable bonds is 5. The molecule has 0 atom stereocenters. The molecule has 7 heteroatoms. The van der Waals surface area contributed by atoms with E-state index in [0.29, 0.717) is 22.1 Å². The molecule has 0 fully saturated rings. The fraction of sp³-hybridized carbons (Fsp3) is 0.125. The third kappa shape index (κ3) is 4.14. The number of carbonyl (C=O) groups excluding carboxylic acids is 1. The zero-order valence-electron chi connectivity index (χ0n) is 12.6. The third-order valence-corrected chi connectivity index (χ3v) is 3.24. The number of hydrogen-bond acceptors (Lipinski definition) is 4. The minimum Gasteiger partial charge on any atom is -0.493 e. The van der Waals surface area contributed by atoms with Crippen LogP contribution in [0.25, 0.3) is 6.08 Å². The molecule has 0 saturated carbocycles. The standard InChI is InChI=1S/C16H15ClN2O4/c1-22-13-9-10(8-11(17)15(13)23-2)5-6-14(20)19-12-4-3-7-18-16(12)21/h3-9H,1-2H3,(H,18,21)(H,19,20)/b6-5+. The Morgan fingerprint density at radius 2 is 2.09 bits per heavy atom. The van der Waals surface area contributed by atoms with Gasteiger partial charge >= 0.3 is 0 Å². The number of methoxy groups -OCH3 is 2. The number of aromatic amines is 1. The van der Waals surface area contributed by atoms with E-state index in [1.54, 1.807) is 24.3 Å². The summed E-state index contributed by atoms with van der Waals surface area (Å²) in [7, 11) is 2.99. The van der Waals surface area contributed by atoms with Crippen LogP contribution in [-0.4, -0.2) is 25.1 Å². The van der Waals surface area contributed by atoms with E-state index in [4.69, 9.17) is 21.1 Å². The summed E-state index contributed by atoms with van der Waals surface area (Å²) in [6.45, 7) is 0. The average Bonchev–Trinajstić information content (AvgIpc) is 2.54. The van der Waals surface area contributed by atoms with Gasteiger partial charge in [0.05, 0.1) is 19.2 Å². The van der Waals surface area contributed by atoms with E-state index < -0.39 is 5.91 Å². The summed E-state index contributed by atoms with van der Waals surface area (Å²) in [4.78, 5) is 25.8. The second kappa shape index (κ2) is 7.51. The van der Waals surface area contributed by atoms with E-state index in [0.717, 1.165) is 0 Å². The van der Waals surface area contributed by atoms with Crippen molar-refractivity contribution in [1.29, 1.82) is 0 Å². The van der Waals surface area contributed by atoms with Crippen LogP contribution in [0.2, 0.25) is 5.02 Å². The van der Waals surface area contributed by atoms with Crippen molar-refractivity contribution in [1.82, 2.24) is 4.98 Å². The molecule has 0 aliphatic rings. The zero-order valence-corrected chi connectivity index (χ0v) is 13.3. The van der Waals surface area contributed by atoms with Crippen LogP contribution in [-0.2, 0) is 4.79 Å². The van der Waals surface area contributed by atoms with Gasteiger partial charge in [-0.15, -0.1) is 0 Å². The number of aromatic nitrogens is 1. The summed E-state index contributed by atoms with van der Waals surface area (Å²) in [5, 5.41) is 2.85. The van der Waals surface area contributed by atoms with Gasteiger partial charge in [-0.2, -0.15) is 0 Å². The molecule has 0 unspecified atom stereocenters. The van der Waals surface area contributed by atoms with Crippen molar-refractivity contribution in [2.45, 2.75) is 0 Å². The summed E-state index contributed by atoms with van der Waals surface area (Å²) in [5.74, 6) is 0.443. The Morgan fingerprint density at radius 3 is 2.74 bits per heavy atom. The van der Waals surface area contributed by atoms with E-state index in [1.165, 1.54) is 32.6 Å². The maximum atomic E-state index is 11.9. The molecular weight excluding hydrogens is 320 g/mol. The van der Waals surface area contributed by atoms with Crippen LogP contribution >= 0.6 is 11.6 Å². The highest BCUT2D eigenvalue weighted by atomic mass is 35.5. The van der Waals surface area contributed by atoms with Gasteiger partial charge in [-0.1, -0.05) is 11.6 Å². The first kappa shape index (κ1) is 16.6. The van der Waals surface area contributed by atoms with Crippen LogP contribution in [0, 0.1) is 0 Å². The van der Waals surface area contributed by atoms with Crippen molar-refractivity contribution >= 4 is 29.3 Å². The van der Waals surface area contributed by atoms with Crippen molar-refractivity contribution in [2.75, 3.05) is 19.5 Å². The number of pyridine rings is 1. The fourth-order valence-electron chi connectivity index (χ4n) is 1.90. The monoisotopic (exact) mass is 334 g/mol. The summed E-state index contributed by atoms with van der Waals surface area (Å²) in [6, 6.07) is 6.46. The second-order valence-corrected chi connectivity index (χ2v) is 4.88. The molecular formula is C16H15ClN2O4. The van der Waals surface area contributed by atoms with Crippen molar-refractivity contribution in [3.63, 3.8) is 0 Å². The van der Waals surface area contributed by atoms with Gasteiger partial charge in [0.2, 0.25) is 5.91 Å². The van der Waals surface area contributed by atoms with Gasteiger partial charge < -0.3 is 19.8 Å². The van der Waals surface area contributed by atoms with E-state index in [-0.39, 0.29) is 11.2 Å². The predicted molar refractivity (Wildman–Crippen MR) is 89.3 cm³/mol. The quantitative estimate of drug-likeness (QED) is 0.824. The Bertz CT molecular complexity index is 799. The SMILES string of the molecule is COc1cc(/C=C/C(=O)Nc2ccc[nH]c2=O)cc(Cl)c1OC. The number of anilines is 1. The van der Waals surface area contributed by atoms with Crippen LogP contribution < -0.4 is 20.3 Å². The zero-order chi connectivity index (χ0) is 16.8. The molecule has 0 aliphatic heterocycles. The van der Waals surface area contributed by atoms with E-state index >= 15 is 0 Å². The number of nitrogens with one attached hydrogen (secondary N) is 2. The molecule has 2 N–H and O–H groups in total. The molecule has 1 heterocycles. The summed E-state index contributed by atoms with van der Waals surface area (Å²) in [6.07, 6.45) is 4.34. The molecule has 1 aromatic carbocycles. The maximum absolute atomic E-state index is 11.9. The molecule has 6 nitrogen and oxygen atoms in total. The van der Waals surface area contributed by atoms with Gasteiger partial charge in [0, 0.05) is 12.3 Å². The molecule has 0 radical (unpaired) electrons. The van der Waals surface area contributed by atoms with Crippen LogP contribution in [0.15, 0.2) is 41.3 Å². The molecule has 0 spiro atoms. The van der Waals surface area contributed by atoms with Gasteiger partial charge in [0.1, 0.15) is 5.69 Å². The number of H-pyrrole nitrogens is 1. The lowest BCUT2D eigenvalue weighted by molar-refractivity contribution is -0.111. The predicted octanol–water partition coefficient (Wildman–Crippen LogP) is 2.70. The first-order valence-corrected chi connectivity index (χ1v) is 7.01. The fourth-order valence-corrected chi connectivity index (χ4v) is 2.20. The molecule has 23 heavy (non-hydrogen) atoms. The van der Waals surface area contributed by atoms with Crippen LogP contribution in [0.3, 0.4) is 0 Å². The molecule has 2 aromatic rings. The minimum absolute atomic E-state index is 0.174. The van der Waals surface area contributed by atoms with Gasteiger partial charge in [-0.3, -0.25) is 9.59 Å². The molecule has 2 rings (SSSR count). The Kier molecular flexibility index (Phi) is 5.43. The summed E-state index contributed by atoms with van der Waals surface area (Å²) < 4.78 is 10.3. The van der Waals surface area contributed by atoms with Crippen molar-refractivity contribution < 1.29 is 14.3 Å². The average molecular weight is 335 g/mol. The number of benzene rings is 1. The Labute approximate surface area is 137 Å². The van der Waals surface area contributed by atoms with Gasteiger partial charge in [0.25, 0.3) is 5.56 Å². The van der Waals surface area contributed by atoms with Crippen molar-refractivity contribution in [2.24, 2.45) is 0 Å². The first-order chi connectivity index (χ1) is 11.0. The largest absolute Gasteiger partial charge is 0.493 e. The highest BCUT2D eigenvalue weighted by Crippen LogP contribution is 2.36. The second-order valence-electron chi connectivity index (χ2n) is 4.47. The molecule has 0 aliphatic carbocycles. The van der Waals surface area contributed by atoms with E-state index in [9.17, 15) is 9.59 Å². The number of halogens is 1. The molecule has 1 aromatic heterocycles. The normalized spacial score (nSPS) is 10.6. The van der Waals surface area contributed by atoms with Gasteiger partial charge in [0.15, 0.2) is 11.5 Å². The van der Waals surface area contributed by atoms with Crippen LogP contribution in [0.5, 0.6) is 11.5 Å². The van der Waals surface area contributed by atoms with Gasteiger partial charge in [-0.05, 0) is 35.9 Å². The van der Waals surface area contributed by atoms with Crippen LogP contribution in [0.4, 0.5) is 5.69 Å². The lowest BCUT2D eigenvalue weighted by Gasteiger charge is -2.10. The molecule has 0 saturated heterocycles. The van der Waals surface area contributed by atoms with E-state index in [2.05, 4.69) is 10.3 Å². The molecule has 1 amide bonds. The summed E-state index contributed by atoms with van der Waals surface area (Å²) in [5.41, 5.74) is 0.459. The number of carbonyl (C=O) groups is 1. The molecule has 0 bridgehead atoms. The number of hydrogen-bond donors (Lipinski definition) is 2. The lowest BCUT2D eigenvalue weighted by atomic mass is 10.2. The summed E-state index contributed by atoms with van der Waals surface area (Å²) >= 11 is 6.09. The van der Waals surface area contributed by atoms with Crippen LogP contribution in [0.1, 0.15) is 5.56 Å².